The number of rotatable bonds is 3. The highest BCUT2D eigenvalue weighted by Crippen LogP contribution is 2.35. The van der Waals surface area contributed by atoms with Crippen molar-refractivity contribution in [2.24, 2.45) is 0 Å². The molecule has 14 heavy (non-hydrogen) atoms. The minimum atomic E-state index is 0.420. The average molecular weight is 291 g/mol. The van der Waals surface area contributed by atoms with Gasteiger partial charge in [-0.05, 0) is 40.0 Å². The summed E-state index contributed by atoms with van der Waals surface area (Å²) in [5.41, 5.74) is 1.20. The third-order valence-electron chi connectivity index (χ3n) is 1.75. The molecule has 1 aromatic rings. The predicted molar refractivity (Wildman–Crippen MR) is 64.9 cm³/mol. The number of benzene rings is 1. The first kappa shape index (κ1) is 11.9. The summed E-state index contributed by atoms with van der Waals surface area (Å²) in [4.78, 5) is 0.949. The van der Waals surface area contributed by atoms with Crippen molar-refractivity contribution in [1.82, 2.24) is 0 Å². The van der Waals surface area contributed by atoms with E-state index in [1.54, 1.807) is 0 Å². The number of halogens is 2. The van der Waals surface area contributed by atoms with Gasteiger partial charge >= 0.3 is 0 Å². The Morgan fingerprint density at radius 1 is 1.57 bits per heavy atom. The van der Waals surface area contributed by atoms with E-state index in [9.17, 15) is 0 Å². The highest BCUT2D eigenvalue weighted by atomic mass is 79.9. The lowest BCUT2D eigenvalue weighted by Gasteiger charge is -2.06. The van der Waals surface area contributed by atoms with E-state index in [2.05, 4.69) is 28.9 Å². The molecule has 1 rings (SSSR count). The fourth-order valence-corrected chi connectivity index (χ4v) is 3.03. The molecule has 0 unspecified atom stereocenters. The van der Waals surface area contributed by atoms with Crippen LogP contribution in [0, 0.1) is 11.3 Å². The fourth-order valence-electron chi connectivity index (χ4n) is 1.06. The van der Waals surface area contributed by atoms with E-state index in [1.165, 1.54) is 17.3 Å². The lowest BCUT2D eigenvalue weighted by molar-refractivity contribution is 1.12. The third-order valence-corrected chi connectivity index (χ3v) is 4.05. The number of thioether (sulfide) groups is 1. The number of hydrogen-bond acceptors (Lipinski definition) is 2. The maximum absolute atomic E-state index is 8.48. The van der Waals surface area contributed by atoms with Gasteiger partial charge in [-0.1, -0.05) is 18.5 Å². The van der Waals surface area contributed by atoms with E-state index in [0.29, 0.717) is 5.75 Å². The molecule has 0 atom stereocenters. The van der Waals surface area contributed by atoms with Gasteiger partial charge in [0.05, 0.1) is 16.8 Å². The van der Waals surface area contributed by atoms with Gasteiger partial charge in [0.2, 0.25) is 0 Å². The molecule has 0 aliphatic rings. The van der Waals surface area contributed by atoms with Crippen LogP contribution in [-0.2, 0) is 6.42 Å². The summed E-state index contributed by atoms with van der Waals surface area (Å²) in [5.74, 6) is 0.420. The molecule has 0 saturated heterocycles. The minimum absolute atomic E-state index is 0.420. The highest BCUT2D eigenvalue weighted by molar-refractivity contribution is 9.10. The summed E-state index contributed by atoms with van der Waals surface area (Å²) in [6.07, 6.45) is 0.960. The second-order valence-corrected chi connectivity index (χ2v) is 4.94. The van der Waals surface area contributed by atoms with Crippen LogP contribution in [-0.4, -0.2) is 5.75 Å². The Labute approximate surface area is 102 Å². The van der Waals surface area contributed by atoms with Gasteiger partial charge in [0.25, 0.3) is 0 Å². The largest absolute Gasteiger partial charge is 0.197 e. The number of nitrogens with zero attached hydrogens (tertiary/aromatic N) is 1. The van der Waals surface area contributed by atoms with Crippen LogP contribution in [0.4, 0.5) is 0 Å². The van der Waals surface area contributed by atoms with Gasteiger partial charge in [-0.2, -0.15) is 5.26 Å². The lowest BCUT2D eigenvalue weighted by Crippen LogP contribution is -1.85. The Hall–Kier alpha value is -0.170. The first-order valence-corrected chi connectivity index (χ1v) is 6.32. The van der Waals surface area contributed by atoms with Crippen molar-refractivity contribution in [3.8, 4) is 6.07 Å². The SMILES string of the molecule is CCc1cc(Cl)c(SCC#N)c(Br)c1. The Kier molecular flexibility index (Phi) is 4.80. The van der Waals surface area contributed by atoms with Crippen LogP contribution in [0.15, 0.2) is 21.5 Å². The van der Waals surface area contributed by atoms with Crippen molar-refractivity contribution in [3.63, 3.8) is 0 Å². The molecule has 0 amide bonds. The van der Waals surface area contributed by atoms with Crippen molar-refractivity contribution >= 4 is 39.3 Å². The van der Waals surface area contributed by atoms with Crippen molar-refractivity contribution in [2.45, 2.75) is 18.2 Å². The van der Waals surface area contributed by atoms with Crippen LogP contribution in [0.25, 0.3) is 0 Å². The molecule has 0 bridgehead atoms. The van der Waals surface area contributed by atoms with E-state index in [0.717, 1.165) is 20.8 Å². The van der Waals surface area contributed by atoms with Gasteiger partial charge in [-0.3, -0.25) is 0 Å². The molecule has 0 saturated carbocycles. The minimum Gasteiger partial charge on any atom is -0.197 e. The normalized spacial score (nSPS) is 9.86. The van der Waals surface area contributed by atoms with Crippen LogP contribution in [0.2, 0.25) is 5.02 Å². The number of nitriles is 1. The Morgan fingerprint density at radius 3 is 2.79 bits per heavy atom. The van der Waals surface area contributed by atoms with Crippen molar-refractivity contribution < 1.29 is 0 Å². The summed E-state index contributed by atoms with van der Waals surface area (Å²) in [6.45, 7) is 2.08. The quantitative estimate of drug-likeness (QED) is 0.776. The first-order chi connectivity index (χ1) is 6.69. The van der Waals surface area contributed by atoms with Gasteiger partial charge < -0.3 is 0 Å². The van der Waals surface area contributed by atoms with Crippen molar-refractivity contribution in [3.05, 3.63) is 27.2 Å². The molecule has 0 spiro atoms. The molecule has 0 radical (unpaired) electrons. The van der Waals surface area contributed by atoms with E-state index in [1.807, 2.05) is 12.1 Å². The molecule has 0 aromatic heterocycles. The second-order valence-electron chi connectivity index (χ2n) is 2.69. The lowest BCUT2D eigenvalue weighted by atomic mass is 10.2. The fraction of sp³-hybridized carbons (Fsp3) is 0.300. The van der Waals surface area contributed by atoms with Gasteiger partial charge in [0, 0.05) is 9.37 Å². The van der Waals surface area contributed by atoms with E-state index in [-0.39, 0.29) is 0 Å². The monoisotopic (exact) mass is 289 g/mol. The summed E-state index contributed by atoms with van der Waals surface area (Å²) in [6, 6.07) is 6.08. The molecule has 0 aliphatic carbocycles. The van der Waals surface area contributed by atoms with Gasteiger partial charge in [0.15, 0.2) is 0 Å². The maximum Gasteiger partial charge on any atom is 0.0856 e. The molecular weight excluding hydrogens is 282 g/mol. The van der Waals surface area contributed by atoms with E-state index in [4.69, 9.17) is 16.9 Å². The van der Waals surface area contributed by atoms with Gasteiger partial charge in [-0.15, -0.1) is 11.8 Å². The van der Waals surface area contributed by atoms with Crippen molar-refractivity contribution in [2.75, 3.05) is 5.75 Å². The van der Waals surface area contributed by atoms with Crippen LogP contribution < -0.4 is 0 Å². The Balaban J connectivity index is 3.00. The summed E-state index contributed by atoms with van der Waals surface area (Å²) >= 11 is 11.0. The van der Waals surface area contributed by atoms with Crippen LogP contribution in [0.3, 0.4) is 0 Å². The molecule has 0 aliphatic heterocycles. The number of hydrogen-bond donors (Lipinski definition) is 0. The van der Waals surface area contributed by atoms with Gasteiger partial charge in [0.1, 0.15) is 0 Å². The predicted octanol–water partition coefficient (Wildman–Crippen LogP) is 4.28. The standard InChI is InChI=1S/C10H9BrClNS/c1-2-7-5-8(11)10(9(12)6-7)14-4-3-13/h5-6H,2,4H2,1H3. The summed E-state index contributed by atoms with van der Waals surface area (Å²) < 4.78 is 0.974. The molecule has 0 fully saturated rings. The van der Waals surface area contributed by atoms with Crippen LogP contribution in [0.5, 0.6) is 0 Å². The zero-order valence-electron chi connectivity index (χ0n) is 7.68. The first-order valence-electron chi connectivity index (χ1n) is 4.16. The molecule has 74 valence electrons. The Morgan fingerprint density at radius 2 is 2.29 bits per heavy atom. The van der Waals surface area contributed by atoms with Crippen LogP contribution >= 0.6 is 39.3 Å². The molecule has 0 N–H and O–H groups in total. The number of aryl methyl sites for hydroxylation is 1. The zero-order chi connectivity index (χ0) is 10.6. The van der Waals surface area contributed by atoms with E-state index < -0.39 is 0 Å². The second kappa shape index (κ2) is 5.65. The molecule has 1 nitrogen and oxygen atoms in total. The highest BCUT2D eigenvalue weighted by Gasteiger charge is 2.07. The van der Waals surface area contributed by atoms with E-state index >= 15 is 0 Å². The molecule has 4 heteroatoms. The Bertz CT molecular complexity index is 350. The molecule has 0 heterocycles. The third kappa shape index (κ3) is 2.91. The molecular formula is C10H9BrClNS. The summed E-state index contributed by atoms with van der Waals surface area (Å²) in [5, 5.41) is 9.20. The molecule has 1 aromatic carbocycles. The maximum atomic E-state index is 8.48. The average Bonchev–Trinajstić information content (AvgIpc) is 2.16. The van der Waals surface area contributed by atoms with Crippen LogP contribution in [0.1, 0.15) is 12.5 Å². The summed E-state index contributed by atoms with van der Waals surface area (Å²) in [7, 11) is 0. The zero-order valence-corrected chi connectivity index (χ0v) is 10.8. The smallest absolute Gasteiger partial charge is 0.0856 e. The topological polar surface area (TPSA) is 23.8 Å². The van der Waals surface area contributed by atoms with Gasteiger partial charge in [-0.25, -0.2) is 0 Å². The van der Waals surface area contributed by atoms with Crippen molar-refractivity contribution in [1.29, 1.82) is 5.26 Å².